The first-order chi connectivity index (χ1) is 16.3. The van der Waals surface area contributed by atoms with Gasteiger partial charge in [-0.1, -0.05) is 12.1 Å². The topological polar surface area (TPSA) is 134 Å². The molecule has 0 spiro atoms. The molecule has 9 nitrogen and oxygen atoms in total. The third-order valence-electron chi connectivity index (χ3n) is 5.88. The molecule has 4 rings (SSSR count). The van der Waals surface area contributed by atoms with Crippen LogP contribution in [0.15, 0.2) is 53.7 Å². The molecule has 34 heavy (non-hydrogen) atoms. The molecule has 1 atom stereocenters. The minimum absolute atomic E-state index is 0.0519. The molecule has 2 aromatic carbocycles. The van der Waals surface area contributed by atoms with E-state index in [1.807, 2.05) is 0 Å². The van der Waals surface area contributed by atoms with E-state index in [0.29, 0.717) is 54.9 Å². The minimum Gasteiger partial charge on any atom is -0.476 e. The second kappa shape index (κ2) is 9.63. The predicted molar refractivity (Wildman–Crippen MR) is 120 cm³/mol. The van der Waals surface area contributed by atoms with Crippen molar-refractivity contribution in [2.45, 2.75) is 29.4 Å². The maximum atomic E-state index is 14.5. The number of imidazole rings is 1. The van der Waals surface area contributed by atoms with Gasteiger partial charge >= 0.3 is 0 Å². The lowest BCUT2D eigenvalue weighted by molar-refractivity contribution is -0.114. The predicted octanol–water partition coefficient (Wildman–Crippen LogP) is 2.83. The number of sulfonamides is 1. The Bertz CT molecular complexity index is 1270. The van der Waals surface area contributed by atoms with Crippen LogP contribution in [0, 0.1) is 5.82 Å². The van der Waals surface area contributed by atoms with Gasteiger partial charge in [0.1, 0.15) is 11.6 Å². The van der Waals surface area contributed by atoms with Gasteiger partial charge in [-0.2, -0.15) is 0 Å². The van der Waals surface area contributed by atoms with Gasteiger partial charge in [0.15, 0.2) is 12.4 Å². The first-order valence-electron chi connectivity index (χ1n) is 10.5. The van der Waals surface area contributed by atoms with Crippen LogP contribution in [0.5, 0.6) is 5.75 Å². The van der Waals surface area contributed by atoms with Crippen molar-refractivity contribution in [2.75, 3.05) is 20.3 Å². The third-order valence-corrected chi connectivity index (χ3v) is 6.81. The normalized spacial score (nSPS) is 16.7. The molecule has 3 aromatic rings. The summed E-state index contributed by atoms with van der Waals surface area (Å²) in [5.74, 6) is -0.372. The fraction of sp³-hybridized carbons (Fsp3) is 0.304. The van der Waals surface area contributed by atoms with E-state index >= 15 is 0 Å². The highest BCUT2D eigenvalue weighted by Gasteiger charge is 2.35. The van der Waals surface area contributed by atoms with Gasteiger partial charge in [-0.15, -0.1) is 0 Å². The van der Waals surface area contributed by atoms with E-state index in [0.717, 1.165) is 0 Å². The summed E-state index contributed by atoms with van der Waals surface area (Å²) in [6, 6.07) is 9.98. The number of nitrogens with one attached hydrogen (secondary N) is 1. The van der Waals surface area contributed by atoms with Crippen LogP contribution in [0.3, 0.4) is 0 Å². The van der Waals surface area contributed by atoms with Crippen molar-refractivity contribution in [3.05, 3.63) is 65.9 Å². The van der Waals surface area contributed by atoms with Crippen molar-refractivity contribution >= 4 is 16.3 Å². The summed E-state index contributed by atoms with van der Waals surface area (Å²) < 4.78 is 54.6. The van der Waals surface area contributed by atoms with Gasteiger partial charge in [-0.05, 0) is 29.8 Å². The van der Waals surface area contributed by atoms with Crippen LogP contribution in [-0.4, -0.2) is 45.0 Å². The lowest BCUT2D eigenvalue weighted by atomic mass is 9.86. The Labute approximate surface area is 196 Å². The van der Waals surface area contributed by atoms with Crippen molar-refractivity contribution in [3.63, 3.8) is 0 Å². The van der Waals surface area contributed by atoms with Crippen molar-refractivity contribution in [2.24, 2.45) is 5.14 Å². The summed E-state index contributed by atoms with van der Waals surface area (Å²) in [6.07, 6.45) is 1.95. The molecule has 0 aliphatic carbocycles. The van der Waals surface area contributed by atoms with Gasteiger partial charge in [0.2, 0.25) is 10.0 Å². The smallest absolute Gasteiger partial charge is 0.238 e. The maximum absolute atomic E-state index is 14.5. The zero-order valence-electron chi connectivity index (χ0n) is 18.4. The molecule has 0 saturated carbocycles. The Balaban J connectivity index is 1.64. The van der Waals surface area contributed by atoms with Crippen LogP contribution in [0.1, 0.15) is 30.2 Å². The van der Waals surface area contributed by atoms with Crippen molar-refractivity contribution in [1.82, 2.24) is 9.97 Å². The van der Waals surface area contributed by atoms with E-state index in [-0.39, 0.29) is 10.6 Å². The fourth-order valence-corrected chi connectivity index (χ4v) is 4.58. The minimum atomic E-state index is -3.85. The molecule has 1 aliphatic rings. The number of primary sulfonamides is 1. The van der Waals surface area contributed by atoms with Crippen LogP contribution in [0.2, 0.25) is 0 Å². The number of rotatable bonds is 8. The molecule has 180 valence electrons. The van der Waals surface area contributed by atoms with E-state index < -0.39 is 27.5 Å². The number of ether oxygens (including phenoxy) is 3. The number of H-pyrrole nitrogens is 1. The van der Waals surface area contributed by atoms with E-state index in [1.165, 1.54) is 42.7 Å². The number of benzene rings is 2. The SMILES string of the molecule is COC1(c2cc(F)cc(OC(C=O)c3[nH]cnc3-c3ccc(S(N)(=O)=O)cc3)c2)CCOCC1. The molecular formula is C23H24FN3O6S. The van der Waals surface area contributed by atoms with Gasteiger partial charge in [-0.3, -0.25) is 4.79 Å². The van der Waals surface area contributed by atoms with Gasteiger partial charge in [0.25, 0.3) is 0 Å². The van der Waals surface area contributed by atoms with Gasteiger partial charge < -0.3 is 19.2 Å². The van der Waals surface area contributed by atoms with Crippen molar-refractivity contribution in [1.29, 1.82) is 0 Å². The molecule has 11 heteroatoms. The molecule has 1 fully saturated rings. The Kier molecular flexibility index (Phi) is 6.80. The number of carbonyl (C=O) groups excluding carboxylic acids is 1. The van der Waals surface area contributed by atoms with Gasteiger partial charge in [0.05, 0.1) is 28.2 Å². The fourth-order valence-electron chi connectivity index (χ4n) is 4.06. The quantitative estimate of drug-likeness (QED) is 0.465. The number of nitrogens with zero attached hydrogens (tertiary/aromatic N) is 1. The van der Waals surface area contributed by atoms with Crippen LogP contribution in [0.4, 0.5) is 4.39 Å². The summed E-state index contributed by atoms with van der Waals surface area (Å²) in [7, 11) is -2.28. The first kappa shape index (κ1) is 24.0. The summed E-state index contributed by atoms with van der Waals surface area (Å²) in [6.45, 7) is 0.971. The van der Waals surface area contributed by atoms with Crippen molar-refractivity contribution < 1.29 is 31.8 Å². The second-order valence-electron chi connectivity index (χ2n) is 7.90. The van der Waals surface area contributed by atoms with Crippen LogP contribution in [-0.2, 0) is 29.9 Å². The molecular weight excluding hydrogens is 465 g/mol. The van der Waals surface area contributed by atoms with Crippen LogP contribution >= 0.6 is 0 Å². The number of aromatic nitrogens is 2. The highest BCUT2D eigenvalue weighted by Crippen LogP contribution is 2.38. The highest BCUT2D eigenvalue weighted by molar-refractivity contribution is 7.89. The Hall–Kier alpha value is -3.12. The van der Waals surface area contributed by atoms with Crippen LogP contribution < -0.4 is 9.88 Å². The number of aromatic amines is 1. The third kappa shape index (κ3) is 4.87. The van der Waals surface area contributed by atoms with E-state index in [4.69, 9.17) is 19.3 Å². The summed E-state index contributed by atoms with van der Waals surface area (Å²) in [5.41, 5.74) is 1.14. The molecule has 0 amide bonds. The van der Waals surface area contributed by atoms with E-state index in [9.17, 15) is 17.6 Å². The molecule has 2 heterocycles. The number of aldehydes is 1. The molecule has 1 saturated heterocycles. The monoisotopic (exact) mass is 489 g/mol. The molecule has 1 unspecified atom stereocenters. The average molecular weight is 490 g/mol. The number of hydrogen-bond acceptors (Lipinski definition) is 7. The number of nitrogens with two attached hydrogens (primary N) is 1. The van der Waals surface area contributed by atoms with E-state index in [2.05, 4.69) is 9.97 Å². The highest BCUT2D eigenvalue weighted by atomic mass is 32.2. The summed E-state index contributed by atoms with van der Waals surface area (Å²) in [5, 5.41) is 5.15. The van der Waals surface area contributed by atoms with Crippen molar-refractivity contribution in [3.8, 4) is 17.0 Å². The Morgan fingerprint density at radius 1 is 1.21 bits per heavy atom. The molecule has 0 bridgehead atoms. The average Bonchev–Trinajstić information content (AvgIpc) is 3.32. The lowest BCUT2D eigenvalue weighted by Gasteiger charge is -2.36. The molecule has 0 radical (unpaired) electrons. The molecule has 1 aromatic heterocycles. The van der Waals surface area contributed by atoms with E-state index in [1.54, 1.807) is 13.2 Å². The summed E-state index contributed by atoms with van der Waals surface area (Å²) >= 11 is 0. The Morgan fingerprint density at radius 2 is 1.91 bits per heavy atom. The zero-order valence-corrected chi connectivity index (χ0v) is 19.2. The number of methoxy groups -OCH3 is 1. The van der Waals surface area contributed by atoms with Gasteiger partial charge in [0, 0.05) is 44.8 Å². The van der Waals surface area contributed by atoms with Crippen LogP contribution in [0.25, 0.3) is 11.3 Å². The standard InChI is InChI=1S/C23H24FN3O6S/c1-31-23(6-8-32-9-7-23)16-10-17(24)12-18(11-16)33-20(13-28)22-21(26-14-27-22)15-2-4-19(5-3-15)34(25,29)30/h2-5,10-14,20H,6-9H2,1H3,(H,26,27)(H2,25,29,30). The summed E-state index contributed by atoms with van der Waals surface area (Å²) in [4.78, 5) is 19.0. The number of halogens is 1. The first-order valence-corrected chi connectivity index (χ1v) is 12.0. The Morgan fingerprint density at radius 3 is 2.53 bits per heavy atom. The number of carbonyl (C=O) groups is 1. The van der Waals surface area contributed by atoms with Gasteiger partial charge in [-0.25, -0.2) is 22.9 Å². The molecule has 3 N–H and O–H groups in total. The largest absolute Gasteiger partial charge is 0.476 e. The maximum Gasteiger partial charge on any atom is 0.238 e. The number of hydrogen-bond donors (Lipinski definition) is 2. The lowest BCUT2D eigenvalue weighted by Crippen LogP contribution is -2.35. The second-order valence-corrected chi connectivity index (χ2v) is 9.46. The zero-order chi connectivity index (χ0) is 24.3. The molecule has 1 aliphatic heterocycles.